The van der Waals surface area contributed by atoms with Gasteiger partial charge in [-0.25, -0.2) is 18.6 Å². The highest BCUT2D eigenvalue weighted by molar-refractivity contribution is 6.32. The van der Waals surface area contributed by atoms with E-state index in [1.54, 1.807) is 41.5 Å². The summed E-state index contributed by atoms with van der Waals surface area (Å²) in [6.45, 7) is 7.07. The van der Waals surface area contributed by atoms with Gasteiger partial charge in [0.25, 0.3) is 5.92 Å². The van der Waals surface area contributed by atoms with Crippen molar-refractivity contribution in [2.24, 2.45) is 11.8 Å². The fourth-order valence-electron chi connectivity index (χ4n) is 4.20. The zero-order chi connectivity index (χ0) is 24.8. The summed E-state index contributed by atoms with van der Waals surface area (Å²) in [5, 5.41) is 13.5. The molecule has 0 aliphatic carbocycles. The fraction of sp³-hybridized carbons (Fsp3) is 0.522. The van der Waals surface area contributed by atoms with Crippen LogP contribution < -0.4 is 15.9 Å². The molecule has 0 saturated carbocycles. The van der Waals surface area contributed by atoms with Gasteiger partial charge >= 0.3 is 5.69 Å². The molecule has 1 saturated heterocycles. The summed E-state index contributed by atoms with van der Waals surface area (Å²) in [4.78, 5) is 25.7. The molecule has 1 aliphatic rings. The molecule has 0 spiro atoms. The lowest BCUT2D eigenvalue weighted by Crippen LogP contribution is -2.52. The second-order valence-electron chi connectivity index (χ2n) is 9.75. The second-order valence-corrected chi connectivity index (χ2v) is 10.2. The Bertz CT molecular complexity index is 1240. The molecule has 1 fully saturated rings. The van der Waals surface area contributed by atoms with Crippen LogP contribution in [0.1, 0.15) is 34.1 Å². The molecule has 4 rings (SSSR count). The molecule has 0 unspecified atom stereocenters. The number of aromatic nitrogens is 4. The van der Waals surface area contributed by atoms with Crippen LogP contribution in [0.5, 0.6) is 0 Å². The molecule has 0 radical (unpaired) electrons. The van der Waals surface area contributed by atoms with Crippen molar-refractivity contribution in [2.75, 3.05) is 23.3 Å². The number of halogens is 3. The van der Waals surface area contributed by atoms with Gasteiger partial charge in [0, 0.05) is 37.2 Å². The maximum Gasteiger partial charge on any atom is 0.326 e. The molecule has 11 heteroatoms. The van der Waals surface area contributed by atoms with Crippen LogP contribution in [-0.4, -0.2) is 49.2 Å². The summed E-state index contributed by atoms with van der Waals surface area (Å²) in [6.07, 6.45) is 1.85. The molecular formula is C23H29ClF2N6O2. The van der Waals surface area contributed by atoms with Crippen LogP contribution in [-0.2, 0) is 6.54 Å². The maximum absolute atomic E-state index is 14.3. The average Bonchev–Trinajstić information content (AvgIpc) is 3.06. The summed E-state index contributed by atoms with van der Waals surface area (Å²) >= 11 is 6.33. The van der Waals surface area contributed by atoms with Crippen molar-refractivity contribution in [3.8, 4) is 0 Å². The Hall–Kier alpha value is -2.72. The Balaban J connectivity index is 1.60. The predicted octanol–water partition coefficient (Wildman–Crippen LogP) is 4.41. The first kappa shape index (κ1) is 24.4. The van der Waals surface area contributed by atoms with E-state index in [1.807, 2.05) is 0 Å². The molecular weight excluding hydrogens is 466 g/mol. The quantitative estimate of drug-likeness (QED) is 0.469. The summed E-state index contributed by atoms with van der Waals surface area (Å²) in [7, 11) is 0. The van der Waals surface area contributed by atoms with Crippen molar-refractivity contribution in [2.45, 2.75) is 52.2 Å². The van der Waals surface area contributed by atoms with Crippen LogP contribution in [0.4, 0.5) is 26.2 Å². The summed E-state index contributed by atoms with van der Waals surface area (Å²) in [5.74, 6) is -3.74. The maximum atomic E-state index is 14.3. The number of nitrogens with zero attached hydrogens (tertiary/aromatic N) is 4. The number of hydrogen-bond donors (Lipinski definition) is 3. The van der Waals surface area contributed by atoms with Gasteiger partial charge < -0.3 is 20.3 Å². The lowest BCUT2D eigenvalue weighted by atomic mass is 9.87. The Morgan fingerprint density at radius 3 is 2.62 bits per heavy atom. The zero-order valence-electron chi connectivity index (χ0n) is 19.6. The minimum absolute atomic E-state index is 0.140. The number of aromatic amines is 1. The highest BCUT2D eigenvalue weighted by Crippen LogP contribution is 2.38. The minimum Gasteiger partial charge on any atom is -0.390 e. The molecule has 0 bridgehead atoms. The molecule has 1 aliphatic heterocycles. The highest BCUT2D eigenvalue weighted by Gasteiger charge is 2.47. The number of anilines is 3. The number of H-pyrrole nitrogens is 1. The number of aliphatic hydroxyl groups is 1. The van der Waals surface area contributed by atoms with E-state index >= 15 is 0 Å². The first-order valence-corrected chi connectivity index (χ1v) is 11.6. The van der Waals surface area contributed by atoms with Crippen LogP contribution in [0.2, 0.25) is 5.02 Å². The van der Waals surface area contributed by atoms with E-state index in [1.165, 1.54) is 20.0 Å². The first-order chi connectivity index (χ1) is 15.8. The lowest BCUT2D eigenvalue weighted by molar-refractivity contribution is -0.105. The van der Waals surface area contributed by atoms with Gasteiger partial charge in [0.1, 0.15) is 5.02 Å². The molecule has 184 valence electrons. The molecule has 2 atom stereocenters. The van der Waals surface area contributed by atoms with E-state index in [4.69, 9.17) is 11.6 Å². The smallest absolute Gasteiger partial charge is 0.326 e. The zero-order valence-corrected chi connectivity index (χ0v) is 20.3. The monoisotopic (exact) mass is 494 g/mol. The third kappa shape index (κ3) is 4.88. The standard InChI is InChI=1S/C23H29ClF2N6O2/c1-13-11-31(12-14(2)23(13,25)26)20-27-10-16(24)19(30-20)28-15-5-6-17-18(9-15)32(21(33)29-17)8-7-22(3,4)34/h5-6,9-10,13-14,34H,7-8,11-12H2,1-4H3,(H,29,33)(H,27,28,30)/t13-,14+. The minimum atomic E-state index is -2.74. The molecule has 8 nitrogen and oxygen atoms in total. The first-order valence-electron chi connectivity index (χ1n) is 11.2. The van der Waals surface area contributed by atoms with Crippen LogP contribution in [0, 0.1) is 11.8 Å². The van der Waals surface area contributed by atoms with Gasteiger partial charge in [0.2, 0.25) is 5.95 Å². The number of aryl methyl sites for hydroxylation is 1. The van der Waals surface area contributed by atoms with Crippen LogP contribution in [0.15, 0.2) is 29.2 Å². The van der Waals surface area contributed by atoms with Gasteiger partial charge in [0.05, 0.1) is 22.8 Å². The van der Waals surface area contributed by atoms with E-state index in [2.05, 4.69) is 20.3 Å². The summed E-state index contributed by atoms with van der Waals surface area (Å²) in [6, 6.07) is 5.34. The van der Waals surface area contributed by atoms with Crippen molar-refractivity contribution in [3.05, 3.63) is 39.9 Å². The molecule has 3 aromatic rings. The van der Waals surface area contributed by atoms with Crippen LogP contribution in [0.25, 0.3) is 11.0 Å². The molecule has 3 heterocycles. The fourth-order valence-corrected chi connectivity index (χ4v) is 4.34. The molecule has 34 heavy (non-hydrogen) atoms. The van der Waals surface area contributed by atoms with Gasteiger partial charge in [-0.1, -0.05) is 25.4 Å². The third-order valence-corrected chi connectivity index (χ3v) is 6.58. The summed E-state index contributed by atoms with van der Waals surface area (Å²) < 4.78 is 30.1. The second kappa shape index (κ2) is 8.81. The van der Waals surface area contributed by atoms with Gasteiger partial charge in [0.15, 0.2) is 5.82 Å². The van der Waals surface area contributed by atoms with E-state index in [0.717, 1.165) is 0 Å². The van der Waals surface area contributed by atoms with Crippen molar-refractivity contribution >= 4 is 40.1 Å². The number of hydrogen-bond acceptors (Lipinski definition) is 6. The number of rotatable bonds is 6. The number of nitrogens with one attached hydrogen (secondary N) is 2. The van der Waals surface area contributed by atoms with Crippen LogP contribution >= 0.6 is 11.6 Å². The largest absolute Gasteiger partial charge is 0.390 e. The van der Waals surface area contributed by atoms with Gasteiger partial charge in [-0.3, -0.25) is 4.57 Å². The number of fused-ring (bicyclic) bond motifs is 1. The van der Waals surface area contributed by atoms with Crippen molar-refractivity contribution in [1.82, 2.24) is 19.5 Å². The molecule has 2 aromatic heterocycles. The van der Waals surface area contributed by atoms with Crippen molar-refractivity contribution < 1.29 is 13.9 Å². The summed E-state index contributed by atoms with van der Waals surface area (Å²) in [5.41, 5.74) is 0.811. The van der Waals surface area contributed by atoms with Gasteiger partial charge in [-0.05, 0) is 38.5 Å². The Kier molecular flexibility index (Phi) is 6.32. The van der Waals surface area contributed by atoms with Gasteiger partial charge in [-0.2, -0.15) is 4.98 Å². The van der Waals surface area contributed by atoms with Crippen molar-refractivity contribution in [3.63, 3.8) is 0 Å². The number of benzene rings is 1. The third-order valence-electron chi connectivity index (χ3n) is 6.30. The average molecular weight is 495 g/mol. The van der Waals surface area contributed by atoms with E-state index in [0.29, 0.717) is 41.5 Å². The normalized spacial score (nSPS) is 20.6. The SMILES string of the molecule is C[C@@H]1CN(c2ncc(Cl)c(Nc3ccc4[nH]c(=O)n(CCC(C)(C)O)c4c3)n2)C[C@H](C)C1(F)F. The Morgan fingerprint density at radius 1 is 1.29 bits per heavy atom. The lowest BCUT2D eigenvalue weighted by Gasteiger charge is -2.41. The van der Waals surface area contributed by atoms with E-state index in [9.17, 15) is 18.7 Å². The molecule has 1 aromatic carbocycles. The van der Waals surface area contributed by atoms with Crippen molar-refractivity contribution in [1.29, 1.82) is 0 Å². The number of piperidine rings is 1. The number of alkyl halides is 2. The van der Waals surface area contributed by atoms with Gasteiger partial charge in [-0.15, -0.1) is 0 Å². The number of imidazole rings is 1. The molecule has 3 N–H and O–H groups in total. The topological polar surface area (TPSA) is 99.1 Å². The molecule has 0 amide bonds. The predicted molar refractivity (Wildman–Crippen MR) is 129 cm³/mol. The Morgan fingerprint density at radius 2 is 1.97 bits per heavy atom. The van der Waals surface area contributed by atoms with Crippen LogP contribution in [0.3, 0.4) is 0 Å². The van der Waals surface area contributed by atoms with E-state index in [-0.39, 0.29) is 23.8 Å². The van der Waals surface area contributed by atoms with E-state index < -0.39 is 23.4 Å². The highest BCUT2D eigenvalue weighted by atomic mass is 35.5. The Labute approximate surface area is 201 Å².